The molecule has 52 heavy (non-hydrogen) atoms. The summed E-state index contributed by atoms with van der Waals surface area (Å²) in [6.45, 7) is 0. The molecule has 0 fully saturated rings. The van der Waals surface area contributed by atoms with E-state index in [2.05, 4.69) is 185 Å². The largest absolute Gasteiger partial charge is 0.344 e. The van der Waals surface area contributed by atoms with Gasteiger partial charge in [0.05, 0.1) is 27.8 Å². The molecule has 4 aromatic heterocycles. The molecule has 0 aliphatic rings. The van der Waals surface area contributed by atoms with Crippen molar-refractivity contribution < 1.29 is 0 Å². The Hall–Kier alpha value is -7.05. The van der Waals surface area contributed by atoms with E-state index in [-0.39, 0.29) is 0 Å². The molecule has 0 saturated heterocycles. The fourth-order valence-electron chi connectivity index (χ4n) is 8.28. The lowest BCUT2D eigenvalue weighted by atomic mass is 10.1. The summed E-state index contributed by atoms with van der Waals surface area (Å²) in [4.78, 5) is 16.1. The number of benzene rings is 7. The van der Waals surface area contributed by atoms with E-state index in [4.69, 9.17) is 15.0 Å². The number of nitrogens with zero attached hydrogens (tertiary/aromatic N) is 6. The molecular formula is C46H30N6. The molecule has 7 aromatic carbocycles. The zero-order valence-corrected chi connectivity index (χ0v) is 28.3. The monoisotopic (exact) mass is 666 g/mol. The maximum atomic E-state index is 5.38. The zero-order valence-electron chi connectivity index (χ0n) is 28.3. The van der Waals surface area contributed by atoms with E-state index < -0.39 is 0 Å². The summed E-state index contributed by atoms with van der Waals surface area (Å²) in [6.07, 6.45) is 0. The smallest absolute Gasteiger partial charge is 0.238 e. The number of fused-ring (bicyclic) bond motifs is 9. The van der Waals surface area contributed by atoms with Crippen molar-refractivity contribution in [3.63, 3.8) is 0 Å². The second kappa shape index (κ2) is 11.0. The molecule has 0 aliphatic carbocycles. The third-order valence-corrected chi connectivity index (χ3v) is 10.5. The van der Waals surface area contributed by atoms with Gasteiger partial charge in [-0.15, -0.1) is 0 Å². The Bertz CT molecular complexity index is 3110. The van der Waals surface area contributed by atoms with Crippen molar-refractivity contribution in [2.24, 2.45) is 7.05 Å². The summed E-state index contributed by atoms with van der Waals surface area (Å²) < 4.78 is 6.78. The first-order chi connectivity index (χ1) is 25.7. The average molecular weight is 667 g/mol. The van der Waals surface area contributed by atoms with Crippen LogP contribution in [0.3, 0.4) is 0 Å². The molecule has 244 valence electrons. The highest BCUT2D eigenvalue weighted by Crippen LogP contribution is 2.39. The minimum atomic E-state index is 0.576. The van der Waals surface area contributed by atoms with E-state index in [1.165, 1.54) is 21.7 Å². The Balaban J connectivity index is 1.26. The molecule has 0 spiro atoms. The van der Waals surface area contributed by atoms with Crippen LogP contribution in [0.5, 0.6) is 0 Å². The molecule has 6 heteroatoms. The molecular weight excluding hydrogens is 637 g/mol. The number of aromatic nitrogens is 6. The Labute approximate surface area is 298 Å². The van der Waals surface area contributed by atoms with E-state index in [9.17, 15) is 0 Å². The van der Waals surface area contributed by atoms with Crippen molar-refractivity contribution in [3.05, 3.63) is 164 Å². The quantitative estimate of drug-likeness (QED) is 0.188. The lowest BCUT2D eigenvalue weighted by Gasteiger charge is -2.15. The number of hydrogen-bond acceptors (Lipinski definition) is 3. The Morgan fingerprint density at radius 2 is 0.769 bits per heavy atom. The van der Waals surface area contributed by atoms with Crippen molar-refractivity contribution in [2.45, 2.75) is 0 Å². The van der Waals surface area contributed by atoms with Crippen LogP contribution in [0.15, 0.2) is 164 Å². The summed E-state index contributed by atoms with van der Waals surface area (Å²) >= 11 is 0. The molecule has 0 aliphatic heterocycles. The molecule has 0 amide bonds. The highest BCUT2D eigenvalue weighted by Gasteiger charge is 2.22. The summed E-state index contributed by atoms with van der Waals surface area (Å²) in [5.41, 5.74) is 9.55. The summed E-state index contributed by atoms with van der Waals surface area (Å²) in [7, 11) is 2.12. The van der Waals surface area contributed by atoms with Crippen LogP contribution in [-0.4, -0.2) is 28.7 Å². The number of aryl methyl sites for hydroxylation is 1. The summed E-state index contributed by atoms with van der Waals surface area (Å²) in [5, 5.41) is 7.02. The van der Waals surface area contributed by atoms with Crippen LogP contribution in [-0.2, 0) is 7.05 Å². The number of para-hydroxylation sites is 6. The molecule has 0 saturated carbocycles. The molecule has 0 radical (unpaired) electrons. The van der Waals surface area contributed by atoms with E-state index in [0.717, 1.165) is 60.6 Å². The predicted octanol–water partition coefficient (Wildman–Crippen LogP) is 11.0. The van der Waals surface area contributed by atoms with Gasteiger partial charge >= 0.3 is 0 Å². The normalized spacial score (nSPS) is 11.9. The second-order valence-corrected chi connectivity index (χ2v) is 13.3. The highest BCUT2D eigenvalue weighted by molar-refractivity contribution is 6.14. The lowest BCUT2D eigenvalue weighted by Crippen LogP contribution is -2.08. The van der Waals surface area contributed by atoms with Crippen molar-refractivity contribution in [3.8, 4) is 34.4 Å². The molecule has 0 N–H and O–H groups in total. The van der Waals surface area contributed by atoms with Gasteiger partial charge in [0.25, 0.3) is 0 Å². The molecule has 11 aromatic rings. The third-order valence-electron chi connectivity index (χ3n) is 10.5. The third kappa shape index (κ3) is 4.03. The van der Waals surface area contributed by atoms with E-state index in [1.807, 2.05) is 0 Å². The molecule has 0 bridgehead atoms. The first-order valence-electron chi connectivity index (χ1n) is 17.5. The van der Waals surface area contributed by atoms with Crippen molar-refractivity contribution in [1.82, 2.24) is 28.7 Å². The van der Waals surface area contributed by atoms with Crippen LogP contribution < -0.4 is 0 Å². The van der Waals surface area contributed by atoms with Crippen molar-refractivity contribution >= 4 is 65.4 Å². The van der Waals surface area contributed by atoms with Crippen molar-refractivity contribution in [2.75, 3.05) is 0 Å². The standard InChI is InChI=1S/C46H30N6/c1-50-36-22-8-6-19-33(36)43-35(21-14-28-42(43)50)45-47-44(48-46(49-45)52-39-25-11-4-17-31(39)32-18-5-12-26-40(32)52)34-20-7-13-27-41(34)51-37-23-9-2-15-29(37)30-16-3-10-24-38(30)51/h2-28H,1H3. The van der Waals surface area contributed by atoms with Crippen LogP contribution in [0.4, 0.5) is 0 Å². The molecule has 4 heterocycles. The van der Waals surface area contributed by atoms with E-state index in [0.29, 0.717) is 17.6 Å². The highest BCUT2D eigenvalue weighted by atomic mass is 15.2. The van der Waals surface area contributed by atoms with Gasteiger partial charge in [-0.2, -0.15) is 9.97 Å². The van der Waals surface area contributed by atoms with Gasteiger partial charge in [0, 0.05) is 61.5 Å². The van der Waals surface area contributed by atoms with E-state index in [1.54, 1.807) is 0 Å². The van der Waals surface area contributed by atoms with Gasteiger partial charge in [-0.25, -0.2) is 4.98 Å². The number of hydrogen-bond donors (Lipinski definition) is 0. The van der Waals surface area contributed by atoms with Gasteiger partial charge in [0.15, 0.2) is 11.6 Å². The summed E-state index contributed by atoms with van der Waals surface area (Å²) in [6, 6.07) is 57.6. The molecule has 0 atom stereocenters. The minimum Gasteiger partial charge on any atom is -0.344 e. The molecule has 6 nitrogen and oxygen atoms in total. The van der Waals surface area contributed by atoms with Gasteiger partial charge in [-0.1, -0.05) is 115 Å². The van der Waals surface area contributed by atoms with Crippen molar-refractivity contribution in [1.29, 1.82) is 0 Å². The van der Waals surface area contributed by atoms with Crippen LogP contribution in [0, 0.1) is 0 Å². The van der Waals surface area contributed by atoms with Gasteiger partial charge in [-0.05, 0) is 48.5 Å². The minimum absolute atomic E-state index is 0.576. The second-order valence-electron chi connectivity index (χ2n) is 13.3. The van der Waals surface area contributed by atoms with Crippen LogP contribution >= 0.6 is 0 Å². The summed E-state index contributed by atoms with van der Waals surface area (Å²) in [5.74, 6) is 1.81. The van der Waals surface area contributed by atoms with Crippen LogP contribution in [0.25, 0.3) is 99.8 Å². The van der Waals surface area contributed by atoms with Gasteiger partial charge < -0.3 is 9.13 Å². The van der Waals surface area contributed by atoms with Gasteiger partial charge in [-0.3, -0.25) is 4.57 Å². The van der Waals surface area contributed by atoms with Crippen LogP contribution in [0.2, 0.25) is 0 Å². The maximum Gasteiger partial charge on any atom is 0.238 e. The SMILES string of the molecule is Cn1c2ccccc2c2c(-c3nc(-c4ccccc4-n4c5ccccc5c5ccccc54)nc(-n4c5ccccc5c5ccccc54)n3)cccc21. The lowest BCUT2D eigenvalue weighted by molar-refractivity contribution is 0.952. The van der Waals surface area contributed by atoms with E-state index >= 15 is 0 Å². The van der Waals surface area contributed by atoms with Gasteiger partial charge in [0.1, 0.15) is 0 Å². The Kier molecular flexibility index (Phi) is 6.07. The number of rotatable bonds is 4. The average Bonchev–Trinajstić information content (AvgIpc) is 3.83. The first kappa shape index (κ1) is 28.8. The molecule has 11 rings (SSSR count). The zero-order chi connectivity index (χ0) is 34.3. The maximum absolute atomic E-state index is 5.38. The Morgan fingerprint density at radius 1 is 0.346 bits per heavy atom. The fourth-order valence-corrected chi connectivity index (χ4v) is 8.28. The van der Waals surface area contributed by atoms with Gasteiger partial charge in [0.2, 0.25) is 5.95 Å². The van der Waals surface area contributed by atoms with Crippen LogP contribution in [0.1, 0.15) is 0 Å². The predicted molar refractivity (Wildman–Crippen MR) is 213 cm³/mol. The molecule has 0 unspecified atom stereocenters. The fraction of sp³-hybridized carbons (Fsp3) is 0.0217. The first-order valence-corrected chi connectivity index (χ1v) is 17.5. The topological polar surface area (TPSA) is 53.5 Å². The Morgan fingerprint density at radius 3 is 1.37 bits per heavy atom.